The number of ketones is 1. The smallest absolute Gasteiger partial charge is 0.307 e. The van der Waals surface area contributed by atoms with E-state index >= 15 is 0 Å². The number of hydrogen-bond donors (Lipinski definition) is 2. The van der Waals surface area contributed by atoms with Crippen LogP contribution in [0.2, 0.25) is 0 Å². The summed E-state index contributed by atoms with van der Waals surface area (Å²) < 4.78 is 0. The molecule has 3 saturated carbocycles. The molecule has 0 aromatic carbocycles. The average Bonchev–Trinajstić information content (AvgIpc) is 2.91. The molecule has 0 aromatic rings. The van der Waals surface area contributed by atoms with E-state index in [2.05, 4.69) is 6.92 Å². The lowest BCUT2D eigenvalue weighted by Crippen LogP contribution is -2.53. The number of aliphatic hydroxyl groups excluding tert-OH is 1. The first kappa shape index (κ1) is 16.3. The molecule has 4 nitrogen and oxygen atoms in total. The molecular weight excluding hydrogens is 304 g/mol. The Labute approximate surface area is 143 Å². The second-order valence-corrected chi connectivity index (χ2v) is 8.88. The van der Waals surface area contributed by atoms with E-state index in [0.29, 0.717) is 24.2 Å². The van der Waals surface area contributed by atoms with Crippen molar-refractivity contribution < 1.29 is 19.8 Å². The van der Waals surface area contributed by atoms with Gasteiger partial charge in [0.2, 0.25) is 0 Å². The Morgan fingerprint density at radius 1 is 1.17 bits per heavy atom. The van der Waals surface area contributed by atoms with Gasteiger partial charge >= 0.3 is 5.97 Å². The van der Waals surface area contributed by atoms with E-state index in [9.17, 15) is 19.8 Å². The summed E-state index contributed by atoms with van der Waals surface area (Å²) in [6.45, 7) is 2.33. The van der Waals surface area contributed by atoms with Crippen LogP contribution in [0.15, 0.2) is 11.6 Å². The molecule has 4 rings (SSSR count). The minimum atomic E-state index is -0.630. The zero-order valence-corrected chi connectivity index (χ0v) is 14.5. The fourth-order valence-corrected chi connectivity index (χ4v) is 7.06. The average molecular weight is 332 g/mol. The van der Waals surface area contributed by atoms with E-state index in [4.69, 9.17) is 0 Å². The van der Waals surface area contributed by atoms with Gasteiger partial charge in [-0.2, -0.15) is 0 Å². The van der Waals surface area contributed by atoms with Crippen LogP contribution in [0, 0.1) is 34.5 Å². The number of aliphatic hydroxyl groups is 1. The molecule has 0 radical (unpaired) electrons. The van der Waals surface area contributed by atoms with Crippen molar-refractivity contribution in [1.82, 2.24) is 0 Å². The Kier molecular flexibility index (Phi) is 3.68. The summed E-state index contributed by atoms with van der Waals surface area (Å²) in [5, 5.41) is 19.9. The van der Waals surface area contributed by atoms with Crippen molar-refractivity contribution in [3.8, 4) is 0 Å². The highest BCUT2D eigenvalue weighted by atomic mass is 16.4. The number of carboxylic acid groups (broad SMARTS) is 1. The van der Waals surface area contributed by atoms with Crippen molar-refractivity contribution in [3.63, 3.8) is 0 Å². The summed E-state index contributed by atoms with van der Waals surface area (Å²) in [5.41, 5.74) is 0.883. The van der Waals surface area contributed by atoms with E-state index in [1.54, 1.807) is 0 Å². The zero-order valence-electron chi connectivity index (χ0n) is 14.5. The summed E-state index contributed by atoms with van der Waals surface area (Å²) in [6.07, 6.45) is 8.84. The maximum Gasteiger partial charge on any atom is 0.307 e. The molecule has 6 atom stereocenters. The van der Waals surface area contributed by atoms with Gasteiger partial charge < -0.3 is 10.2 Å². The maximum absolute atomic E-state index is 11.9. The van der Waals surface area contributed by atoms with Crippen molar-refractivity contribution >= 4 is 11.8 Å². The summed E-state index contributed by atoms with van der Waals surface area (Å²) in [5.74, 6) is 0.750. The standard InChI is InChI=1S/C20H28O4/c1-19-8-7-16-14(15(19)4-5-17(19)18(23)24)3-2-12-10-13(22)6-9-20(12,16)11-21/h10,14-17,21H,2-9,11H2,1H3,(H,23,24). The first-order valence-corrected chi connectivity index (χ1v) is 9.50. The van der Waals surface area contributed by atoms with Crippen LogP contribution in [-0.2, 0) is 9.59 Å². The number of carbonyl (C=O) groups is 2. The second kappa shape index (κ2) is 5.42. The van der Waals surface area contributed by atoms with Crippen molar-refractivity contribution in [1.29, 1.82) is 0 Å². The number of hydrogen-bond acceptors (Lipinski definition) is 3. The third-order valence-electron chi connectivity index (χ3n) is 8.27. The molecule has 0 heterocycles. The molecule has 4 aliphatic rings. The quantitative estimate of drug-likeness (QED) is 0.814. The molecule has 0 aromatic heterocycles. The van der Waals surface area contributed by atoms with Gasteiger partial charge in [-0.1, -0.05) is 12.5 Å². The van der Waals surface area contributed by atoms with Gasteiger partial charge in [-0.15, -0.1) is 0 Å². The van der Waals surface area contributed by atoms with Crippen LogP contribution < -0.4 is 0 Å². The van der Waals surface area contributed by atoms with Gasteiger partial charge in [-0.25, -0.2) is 0 Å². The molecule has 6 unspecified atom stereocenters. The summed E-state index contributed by atoms with van der Waals surface area (Å²) >= 11 is 0. The predicted molar refractivity (Wildman–Crippen MR) is 89.2 cm³/mol. The Hall–Kier alpha value is -1.16. The number of fused-ring (bicyclic) bond motifs is 5. The van der Waals surface area contributed by atoms with Gasteiger partial charge in [0.25, 0.3) is 0 Å². The Bertz CT molecular complexity index is 609. The molecule has 4 aliphatic carbocycles. The van der Waals surface area contributed by atoms with Crippen LogP contribution in [0.1, 0.15) is 58.3 Å². The van der Waals surface area contributed by atoms with Gasteiger partial charge in [0.15, 0.2) is 5.78 Å². The molecule has 2 N–H and O–H groups in total. The first-order valence-electron chi connectivity index (χ1n) is 9.50. The minimum Gasteiger partial charge on any atom is -0.481 e. The largest absolute Gasteiger partial charge is 0.481 e. The number of rotatable bonds is 2. The van der Waals surface area contributed by atoms with Crippen LogP contribution in [0.4, 0.5) is 0 Å². The third-order valence-corrected chi connectivity index (χ3v) is 8.27. The number of aliphatic carboxylic acids is 1. The molecule has 0 spiro atoms. The zero-order chi connectivity index (χ0) is 17.1. The van der Waals surface area contributed by atoms with Gasteiger partial charge in [0, 0.05) is 11.8 Å². The van der Waals surface area contributed by atoms with Crippen LogP contribution in [-0.4, -0.2) is 28.6 Å². The lowest BCUT2D eigenvalue weighted by Gasteiger charge is -2.58. The van der Waals surface area contributed by atoms with Crippen LogP contribution in [0.3, 0.4) is 0 Å². The Morgan fingerprint density at radius 2 is 1.96 bits per heavy atom. The van der Waals surface area contributed by atoms with Gasteiger partial charge in [0.1, 0.15) is 0 Å². The lowest BCUT2D eigenvalue weighted by molar-refractivity contribution is -0.150. The second-order valence-electron chi connectivity index (χ2n) is 8.88. The molecule has 24 heavy (non-hydrogen) atoms. The summed E-state index contributed by atoms with van der Waals surface area (Å²) in [7, 11) is 0. The highest BCUT2D eigenvalue weighted by Crippen LogP contribution is 2.66. The summed E-state index contributed by atoms with van der Waals surface area (Å²) in [6, 6.07) is 0. The Morgan fingerprint density at radius 3 is 2.67 bits per heavy atom. The van der Waals surface area contributed by atoms with Gasteiger partial charge in [0.05, 0.1) is 12.5 Å². The number of carboxylic acids is 1. The van der Waals surface area contributed by atoms with Gasteiger partial charge in [-0.3, -0.25) is 9.59 Å². The molecular formula is C20H28O4. The molecule has 0 aliphatic heterocycles. The van der Waals surface area contributed by atoms with E-state index in [0.717, 1.165) is 44.9 Å². The van der Waals surface area contributed by atoms with Crippen molar-refractivity contribution in [3.05, 3.63) is 11.6 Å². The van der Waals surface area contributed by atoms with Gasteiger partial charge in [-0.05, 0) is 74.2 Å². The normalized spacial score (nSPS) is 47.4. The lowest BCUT2D eigenvalue weighted by atomic mass is 9.46. The SMILES string of the molecule is CC12CCC3C(CCC4=CC(=O)CCC43CO)C1CCC2C(=O)O. The van der Waals surface area contributed by atoms with Crippen molar-refractivity contribution in [2.24, 2.45) is 34.5 Å². The molecule has 132 valence electrons. The topological polar surface area (TPSA) is 74.6 Å². The fourth-order valence-electron chi connectivity index (χ4n) is 7.06. The highest BCUT2D eigenvalue weighted by Gasteiger charge is 2.61. The fraction of sp³-hybridized carbons (Fsp3) is 0.800. The van der Waals surface area contributed by atoms with E-state index in [1.807, 2.05) is 6.08 Å². The number of carbonyl (C=O) groups excluding carboxylic acids is 1. The van der Waals surface area contributed by atoms with Crippen molar-refractivity contribution in [2.75, 3.05) is 6.61 Å². The first-order chi connectivity index (χ1) is 11.4. The molecule has 0 amide bonds. The molecule has 0 bridgehead atoms. The molecule has 3 fully saturated rings. The van der Waals surface area contributed by atoms with E-state index < -0.39 is 5.97 Å². The molecule has 4 heteroatoms. The third kappa shape index (κ3) is 2.01. The van der Waals surface area contributed by atoms with Crippen LogP contribution in [0.5, 0.6) is 0 Å². The predicted octanol–water partition coefficient (Wildman–Crippen LogP) is 3.19. The monoisotopic (exact) mass is 332 g/mol. The van der Waals surface area contributed by atoms with Crippen LogP contribution in [0.25, 0.3) is 0 Å². The van der Waals surface area contributed by atoms with E-state index in [1.165, 1.54) is 5.57 Å². The van der Waals surface area contributed by atoms with Crippen LogP contribution >= 0.6 is 0 Å². The molecule has 0 saturated heterocycles. The maximum atomic E-state index is 11.9. The van der Waals surface area contributed by atoms with Crippen molar-refractivity contribution in [2.45, 2.75) is 58.3 Å². The summed E-state index contributed by atoms with van der Waals surface area (Å²) in [4.78, 5) is 23.6. The van der Waals surface area contributed by atoms with E-state index in [-0.39, 0.29) is 29.1 Å². The highest BCUT2D eigenvalue weighted by molar-refractivity contribution is 5.91. The minimum absolute atomic E-state index is 0.0879. The Balaban J connectivity index is 1.69.